The molecule has 5 aromatic rings. The fourth-order valence-corrected chi connectivity index (χ4v) is 7.00. The average molecular weight is 631 g/mol. The lowest BCUT2D eigenvalue weighted by molar-refractivity contribution is 0.133. The van der Waals surface area contributed by atoms with Gasteiger partial charge in [0, 0.05) is 43.2 Å². The van der Waals surface area contributed by atoms with Gasteiger partial charge in [-0.2, -0.15) is 0 Å². The summed E-state index contributed by atoms with van der Waals surface area (Å²) in [4.78, 5) is 2.58. The summed E-state index contributed by atoms with van der Waals surface area (Å²) in [5.41, 5.74) is 4.71. The first-order valence-corrected chi connectivity index (χ1v) is 19.5. The third kappa shape index (κ3) is 8.54. The number of hydrogen-bond acceptors (Lipinski definition) is 4. The van der Waals surface area contributed by atoms with Crippen LogP contribution in [-0.4, -0.2) is 37.5 Å². The maximum absolute atomic E-state index is 11.9. The number of phenols is 1. The van der Waals surface area contributed by atoms with E-state index in [-0.39, 0.29) is 17.1 Å². The Morgan fingerprint density at radius 3 is 1.78 bits per heavy atom. The number of rotatable bonds is 14. The molecule has 46 heavy (non-hydrogen) atoms. The number of fused-ring (bicyclic) bond motifs is 1. The number of nitrogens with zero attached hydrogens (tertiary/aromatic N) is 1. The Hall–Kier alpha value is -3.74. The van der Waals surface area contributed by atoms with E-state index in [0.717, 1.165) is 35.8 Å². The summed E-state index contributed by atoms with van der Waals surface area (Å²) in [6.45, 7) is 14.3. The Labute approximate surface area is 277 Å². The second-order valence-electron chi connectivity index (χ2n) is 13.9. The van der Waals surface area contributed by atoms with Gasteiger partial charge in [-0.25, -0.2) is 0 Å². The first-order valence-electron chi connectivity index (χ1n) is 16.6. The van der Waals surface area contributed by atoms with Gasteiger partial charge in [0.05, 0.1) is 6.04 Å². The molecule has 0 aliphatic rings. The summed E-state index contributed by atoms with van der Waals surface area (Å²) in [5.74, 6) is 0.346. The fraction of sp³-hybridized carbons (Fsp3) is 0.317. The van der Waals surface area contributed by atoms with Crippen LogP contribution >= 0.6 is 0 Å². The largest absolute Gasteiger partial charge is 0.507 e. The molecule has 0 aromatic heterocycles. The summed E-state index contributed by atoms with van der Waals surface area (Å²) >= 11 is 0. The molecule has 0 heterocycles. The molecular weight excluding hydrogens is 581 g/mol. The van der Waals surface area contributed by atoms with E-state index in [1.54, 1.807) is 0 Å². The molecule has 5 aromatic carbocycles. The molecule has 0 spiro atoms. The van der Waals surface area contributed by atoms with Crippen molar-refractivity contribution in [3.8, 4) is 5.75 Å². The molecule has 0 bridgehead atoms. The molecule has 5 heteroatoms. The van der Waals surface area contributed by atoms with Gasteiger partial charge in [-0.3, -0.25) is 4.90 Å². The number of nitrogens with one attached hydrogen (secondary N) is 1. The predicted octanol–water partition coefficient (Wildman–Crippen LogP) is 9.51. The van der Waals surface area contributed by atoms with Crippen LogP contribution in [0.15, 0.2) is 127 Å². The molecule has 5 rings (SSSR count). The first kappa shape index (κ1) is 33.6. The Morgan fingerprint density at radius 2 is 1.22 bits per heavy atom. The van der Waals surface area contributed by atoms with Crippen molar-refractivity contribution < 1.29 is 9.53 Å². The number of hydrogen-bond donors (Lipinski definition) is 2. The molecule has 2 atom stereocenters. The quantitative estimate of drug-likeness (QED) is 0.0948. The van der Waals surface area contributed by atoms with Crippen molar-refractivity contribution in [1.82, 2.24) is 10.2 Å². The van der Waals surface area contributed by atoms with Gasteiger partial charge in [0.2, 0.25) is 0 Å². The molecule has 0 aliphatic carbocycles. The molecule has 0 saturated heterocycles. The van der Waals surface area contributed by atoms with Gasteiger partial charge in [0.1, 0.15) is 5.75 Å². The van der Waals surface area contributed by atoms with Crippen molar-refractivity contribution in [2.24, 2.45) is 0 Å². The molecule has 0 fully saturated rings. The van der Waals surface area contributed by atoms with Crippen LogP contribution in [0.3, 0.4) is 0 Å². The van der Waals surface area contributed by atoms with Crippen LogP contribution in [0.5, 0.6) is 5.75 Å². The maximum Gasteiger partial charge on any atom is 0.192 e. The molecule has 240 valence electrons. The summed E-state index contributed by atoms with van der Waals surface area (Å²) < 4.78 is 6.63. The van der Waals surface area contributed by atoms with Gasteiger partial charge in [-0.15, -0.1) is 0 Å². The van der Waals surface area contributed by atoms with Crippen molar-refractivity contribution in [3.63, 3.8) is 0 Å². The minimum Gasteiger partial charge on any atom is -0.507 e. The Bertz CT molecular complexity index is 1610. The van der Waals surface area contributed by atoms with Gasteiger partial charge in [0.25, 0.3) is 0 Å². The van der Waals surface area contributed by atoms with Crippen molar-refractivity contribution in [2.75, 3.05) is 13.2 Å². The molecule has 0 aliphatic heterocycles. The van der Waals surface area contributed by atoms with E-state index in [1.807, 2.05) is 18.2 Å². The topological polar surface area (TPSA) is 44.7 Å². The van der Waals surface area contributed by atoms with E-state index in [2.05, 4.69) is 153 Å². The van der Waals surface area contributed by atoms with Crippen molar-refractivity contribution in [2.45, 2.75) is 70.5 Å². The van der Waals surface area contributed by atoms with Crippen molar-refractivity contribution in [3.05, 3.63) is 150 Å². The van der Waals surface area contributed by atoms with Crippen LogP contribution in [0, 0.1) is 0 Å². The predicted molar refractivity (Wildman–Crippen MR) is 196 cm³/mol. The number of phenolic OH excluding ortho intramolecular Hbond substituents is 1. The molecule has 2 N–H and O–H groups in total. The summed E-state index contributed by atoms with van der Waals surface area (Å²) in [7, 11) is -1.92. The fourth-order valence-electron chi connectivity index (χ4n) is 5.95. The number of benzene rings is 5. The maximum atomic E-state index is 11.9. The SMILES string of the molecule is CC(C)(C)[Si](C)(C)OCCN[C@H](c1ccc2ccccc2c1O)[C@H](Cc1ccccc1)N(Cc1ccccc1)Cc1ccccc1. The van der Waals surface area contributed by atoms with Crippen molar-refractivity contribution >= 4 is 19.1 Å². The average Bonchev–Trinajstić information content (AvgIpc) is 3.05. The first-order chi connectivity index (χ1) is 22.1. The van der Waals surface area contributed by atoms with E-state index >= 15 is 0 Å². The monoisotopic (exact) mass is 630 g/mol. The van der Waals surface area contributed by atoms with E-state index in [0.29, 0.717) is 18.9 Å². The zero-order valence-corrected chi connectivity index (χ0v) is 29.1. The lowest BCUT2D eigenvalue weighted by Crippen LogP contribution is -2.47. The van der Waals surface area contributed by atoms with E-state index in [4.69, 9.17) is 4.43 Å². The zero-order valence-electron chi connectivity index (χ0n) is 28.1. The van der Waals surface area contributed by atoms with Gasteiger partial charge in [-0.05, 0) is 46.6 Å². The van der Waals surface area contributed by atoms with Crippen molar-refractivity contribution in [1.29, 1.82) is 0 Å². The molecule has 0 saturated carbocycles. The summed E-state index contributed by atoms with van der Waals surface area (Å²) in [6, 6.07) is 44.4. The van der Waals surface area contributed by atoms with Gasteiger partial charge >= 0.3 is 0 Å². The lowest BCUT2D eigenvalue weighted by Gasteiger charge is -2.39. The molecule has 4 nitrogen and oxygen atoms in total. The Morgan fingerprint density at radius 1 is 0.696 bits per heavy atom. The van der Waals surface area contributed by atoms with Crippen LogP contribution in [0.25, 0.3) is 10.8 Å². The minimum atomic E-state index is -1.92. The molecule has 0 unspecified atom stereocenters. The minimum absolute atomic E-state index is 0.0164. The lowest BCUT2D eigenvalue weighted by atomic mass is 9.89. The normalized spacial score (nSPS) is 13.6. The highest BCUT2D eigenvalue weighted by molar-refractivity contribution is 6.74. The van der Waals surface area contributed by atoms with Crippen LogP contribution in [0.4, 0.5) is 0 Å². The van der Waals surface area contributed by atoms with E-state index in [1.165, 1.54) is 16.7 Å². The van der Waals surface area contributed by atoms with Gasteiger partial charge < -0.3 is 14.8 Å². The third-order valence-electron chi connectivity index (χ3n) is 9.60. The zero-order chi connectivity index (χ0) is 32.6. The van der Waals surface area contributed by atoms with Gasteiger partial charge in [-0.1, -0.05) is 148 Å². The van der Waals surface area contributed by atoms with Crippen LogP contribution in [-0.2, 0) is 23.9 Å². The molecular formula is C41H50N2O2Si. The molecule has 0 amide bonds. The van der Waals surface area contributed by atoms with E-state index in [9.17, 15) is 5.11 Å². The summed E-state index contributed by atoms with van der Waals surface area (Å²) in [6.07, 6.45) is 0.813. The van der Waals surface area contributed by atoms with Crippen LogP contribution < -0.4 is 5.32 Å². The number of aromatic hydroxyl groups is 1. The van der Waals surface area contributed by atoms with Gasteiger partial charge in [0.15, 0.2) is 8.32 Å². The van der Waals surface area contributed by atoms with Crippen LogP contribution in [0.2, 0.25) is 18.1 Å². The Balaban J connectivity index is 1.59. The molecule has 0 radical (unpaired) electrons. The third-order valence-corrected chi connectivity index (χ3v) is 14.1. The van der Waals surface area contributed by atoms with E-state index < -0.39 is 8.32 Å². The second-order valence-corrected chi connectivity index (χ2v) is 18.7. The smallest absolute Gasteiger partial charge is 0.192 e. The second kappa shape index (κ2) is 15.2. The highest BCUT2D eigenvalue weighted by Crippen LogP contribution is 2.38. The highest BCUT2D eigenvalue weighted by Gasteiger charge is 2.37. The Kier molecular flexibility index (Phi) is 11.1. The highest BCUT2D eigenvalue weighted by atomic mass is 28.4. The standard InChI is InChI=1S/C41H50N2O2Si/c1-41(2,3)46(4,5)45-28-27-42-39(37-26-25-35-23-15-16-24-36(35)40(37)44)38(29-32-17-9-6-10-18-32)43(30-33-19-11-7-12-20-33)31-34-21-13-8-14-22-34/h6-26,38-39,42,44H,27-31H2,1-5H3/t38-,39+/m0/s1. The van der Waals surface area contributed by atoms with Crippen LogP contribution in [0.1, 0.15) is 49.1 Å². The summed E-state index contributed by atoms with van der Waals surface area (Å²) in [5, 5.41) is 17.9.